The third-order valence-corrected chi connectivity index (χ3v) is 3.45. The molecule has 0 saturated carbocycles. The highest BCUT2D eigenvalue weighted by Crippen LogP contribution is 2.19. The summed E-state index contributed by atoms with van der Waals surface area (Å²) in [4.78, 5) is 11.9. The Hall–Kier alpha value is -1.67. The Balaban J connectivity index is 2.08. The molecule has 18 heavy (non-hydrogen) atoms. The molecule has 0 saturated heterocycles. The average molecular weight is 287 g/mol. The molecular formula is C9H11ClN6OS. The fourth-order valence-electron chi connectivity index (χ4n) is 1.46. The van der Waals surface area contributed by atoms with Crippen LogP contribution in [0, 0.1) is 6.92 Å². The largest absolute Gasteiger partial charge is 0.374 e. The van der Waals surface area contributed by atoms with Gasteiger partial charge in [-0.25, -0.2) is 0 Å². The van der Waals surface area contributed by atoms with Crippen molar-refractivity contribution in [2.75, 3.05) is 5.73 Å². The number of nitrogens with zero attached hydrogens (tertiary/aromatic N) is 4. The minimum Gasteiger partial charge on any atom is -0.374 e. The van der Waals surface area contributed by atoms with Gasteiger partial charge < -0.3 is 11.1 Å². The normalized spacial score (nSPS) is 10.6. The lowest BCUT2D eigenvalue weighted by atomic mass is 10.3. The zero-order valence-corrected chi connectivity index (χ0v) is 11.3. The maximum atomic E-state index is 11.9. The zero-order valence-electron chi connectivity index (χ0n) is 9.77. The quantitative estimate of drug-likeness (QED) is 0.867. The van der Waals surface area contributed by atoms with Crippen molar-refractivity contribution in [1.29, 1.82) is 0 Å². The number of aromatic nitrogens is 4. The molecule has 0 aliphatic rings. The van der Waals surface area contributed by atoms with Gasteiger partial charge in [-0.15, -0.1) is 10.2 Å². The molecule has 2 heterocycles. The van der Waals surface area contributed by atoms with Crippen LogP contribution in [0.4, 0.5) is 5.13 Å². The summed E-state index contributed by atoms with van der Waals surface area (Å²) in [5.41, 5.74) is 6.39. The van der Waals surface area contributed by atoms with E-state index in [-0.39, 0.29) is 12.5 Å². The predicted octanol–water partition coefficient (Wildman–Crippen LogP) is 0.746. The number of anilines is 1. The fraction of sp³-hybridized carbons (Fsp3) is 0.333. The summed E-state index contributed by atoms with van der Waals surface area (Å²) in [6, 6.07) is 0. The van der Waals surface area contributed by atoms with Crippen LogP contribution in [0.2, 0.25) is 5.02 Å². The van der Waals surface area contributed by atoms with Crippen molar-refractivity contribution in [3.8, 4) is 0 Å². The van der Waals surface area contributed by atoms with E-state index in [2.05, 4.69) is 20.6 Å². The Labute approximate surface area is 112 Å². The Kier molecular flexibility index (Phi) is 3.48. The highest BCUT2D eigenvalue weighted by molar-refractivity contribution is 7.15. The lowest BCUT2D eigenvalue weighted by Crippen LogP contribution is -2.25. The van der Waals surface area contributed by atoms with Gasteiger partial charge in [-0.05, 0) is 6.92 Å². The van der Waals surface area contributed by atoms with Crippen LogP contribution in [0.1, 0.15) is 21.2 Å². The number of rotatable bonds is 3. The third-order valence-electron chi connectivity index (χ3n) is 2.25. The Bertz CT molecular complexity index is 592. The molecule has 2 aromatic heterocycles. The minimum absolute atomic E-state index is 0.258. The number of aryl methyl sites for hydroxylation is 2. The van der Waals surface area contributed by atoms with E-state index in [1.54, 1.807) is 14.0 Å². The minimum atomic E-state index is -0.308. The lowest BCUT2D eigenvalue weighted by Gasteiger charge is -2.03. The van der Waals surface area contributed by atoms with Crippen molar-refractivity contribution in [2.45, 2.75) is 13.5 Å². The fourth-order valence-corrected chi connectivity index (χ4v) is 2.25. The van der Waals surface area contributed by atoms with Crippen LogP contribution < -0.4 is 11.1 Å². The number of nitrogen functional groups attached to an aromatic ring is 1. The van der Waals surface area contributed by atoms with Crippen LogP contribution in [0.15, 0.2) is 0 Å². The first kappa shape index (κ1) is 12.8. The summed E-state index contributed by atoms with van der Waals surface area (Å²) in [6.45, 7) is 2.00. The van der Waals surface area contributed by atoms with E-state index in [4.69, 9.17) is 17.3 Å². The number of amides is 1. The van der Waals surface area contributed by atoms with Gasteiger partial charge in [0.1, 0.15) is 10.7 Å². The molecule has 96 valence electrons. The molecule has 7 nitrogen and oxygen atoms in total. The molecule has 0 fully saturated rings. The van der Waals surface area contributed by atoms with Crippen molar-refractivity contribution < 1.29 is 4.79 Å². The van der Waals surface area contributed by atoms with Crippen molar-refractivity contribution in [3.63, 3.8) is 0 Å². The molecule has 0 unspecified atom stereocenters. The summed E-state index contributed by atoms with van der Waals surface area (Å²) >= 11 is 7.23. The summed E-state index contributed by atoms with van der Waals surface area (Å²) < 4.78 is 1.45. The standard InChI is InChI=1S/C9H11ClN6OS/c1-4-6(10)7(16(2)15-4)8(17)12-3-5-13-14-9(11)18-5/h3H2,1-2H3,(H2,11,14)(H,12,17). The number of halogens is 1. The summed E-state index contributed by atoms with van der Waals surface area (Å²) in [5.74, 6) is -0.308. The molecule has 1 amide bonds. The number of nitrogens with one attached hydrogen (secondary N) is 1. The number of hydrogen-bond acceptors (Lipinski definition) is 6. The first-order valence-electron chi connectivity index (χ1n) is 5.04. The van der Waals surface area contributed by atoms with Gasteiger partial charge in [0.2, 0.25) is 5.13 Å². The van der Waals surface area contributed by atoms with Gasteiger partial charge >= 0.3 is 0 Å². The topological polar surface area (TPSA) is 98.7 Å². The molecule has 2 aromatic rings. The van der Waals surface area contributed by atoms with Crippen molar-refractivity contribution in [2.24, 2.45) is 7.05 Å². The Morgan fingerprint density at radius 3 is 2.78 bits per heavy atom. The van der Waals surface area contributed by atoms with Crippen molar-refractivity contribution >= 4 is 34.0 Å². The van der Waals surface area contributed by atoms with Gasteiger partial charge in [0.05, 0.1) is 17.3 Å². The van der Waals surface area contributed by atoms with Crippen LogP contribution in [0.3, 0.4) is 0 Å². The maximum absolute atomic E-state index is 11.9. The highest BCUT2D eigenvalue weighted by atomic mass is 35.5. The summed E-state index contributed by atoms with van der Waals surface area (Å²) in [6.07, 6.45) is 0. The molecule has 0 radical (unpaired) electrons. The predicted molar refractivity (Wildman–Crippen MR) is 68.4 cm³/mol. The van der Waals surface area contributed by atoms with E-state index >= 15 is 0 Å². The van der Waals surface area contributed by atoms with Gasteiger partial charge in [0.25, 0.3) is 5.91 Å². The van der Waals surface area contributed by atoms with Crippen molar-refractivity contribution in [3.05, 3.63) is 21.4 Å². The van der Waals surface area contributed by atoms with Crippen LogP contribution in [-0.4, -0.2) is 25.9 Å². The van der Waals surface area contributed by atoms with E-state index in [1.807, 2.05) is 0 Å². The SMILES string of the molecule is Cc1nn(C)c(C(=O)NCc2nnc(N)s2)c1Cl. The molecule has 3 N–H and O–H groups in total. The van der Waals surface area contributed by atoms with E-state index in [0.29, 0.717) is 26.5 Å². The second kappa shape index (κ2) is 4.91. The second-order valence-electron chi connectivity index (χ2n) is 3.59. The smallest absolute Gasteiger partial charge is 0.271 e. The van der Waals surface area contributed by atoms with Gasteiger partial charge in [-0.3, -0.25) is 9.48 Å². The van der Waals surface area contributed by atoms with E-state index < -0.39 is 0 Å². The molecule has 2 rings (SSSR count). The van der Waals surface area contributed by atoms with Gasteiger partial charge in [0.15, 0.2) is 0 Å². The number of nitrogens with two attached hydrogens (primary N) is 1. The molecule has 0 aliphatic carbocycles. The molecule has 0 aliphatic heterocycles. The van der Waals surface area contributed by atoms with E-state index in [0.717, 1.165) is 0 Å². The number of hydrogen-bond donors (Lipinski definition) is 2. The molecule has 0 bridgehead atoms. The van der Waals surface area contributed by atoms with Crippen LogP contribution in [0.25, 0.3) is 0 Å². The summed E-state index contributed by atoms with van der Waals surface area (Å²) in [5, 5.41) is 15.6. The average Bonchev–Trinajstić information content (AvgIpc) is 2.82. The zero-order chi connectivity index (χ0) is 13.3. The molecule has 9 heteroatoms. The summed E-state index contributed by atoms with van der Waals surface area (Å²) in [7, 11) is 1.66. The highest BCUT2D eigenvalue weighted by Gasteiger charge is 2.18. The Morgan fingerprint density at radius 1 is 1.56 bits per heavy atom. The molecular weight excluding hydrogens is 276 g/mol. The van der Waals surface area contributed by atoms with Crippen LogP contribution in [-0.2, 0) is 13.6 Å². The van der Waals surface area contributed by atoms with Gasteiger partial charge in [0, 0.05) is 7.05 Å². The van der Waals surface area contributed by atoms with Gasteiger partial charge in [-0.1, -0.05) is 22.9 Å². The molecule has 0 atom stereocenters. The Morgan fingerprint density at radius 2 is 2.28 bits per heavy atom. The first-order valence-corrected chi connectivity index (χ1v) is 6.23. The first-order chi connectivity index (χ1) is 8.49. The monoisotopic (exact) mass is 286 g/mol. The number of carbonyl (C=O) groups excluding carboxylic acids is 1. The lowest BCUT2D eigenvalue weighted by molar-refractivity contribution is 0.0941. The van der Waals surface area contributed by atoms with E-state index in [9.17, 15) is 4.79 Å². The maximum Gasteiger partial charge on any atom is 0.271 e. The van der Waals surface area contributed by atoms with Gasteiger partial charge in [-0.2, -0.15) is 5.10 Å². The second-order valence-corrected chi connectivity index (χ2v) is 5.06. The van der Waals surface area contributed by atoms with Crippen LogP contribution >= 0.6 is 22.9 Å². The van der Waals surface area contributed by atoms with E-state index in [1.165, 1.54) is 16.0 Å². The van der Waals surface area contributed by atoms with Crippen LogP contribution in [0.5, 0.6) is 0 Å². The molecule has 0 aromatic carbocycles. The number of carbonyl (C=O) groups is 1. The van der Waals surface area contributed by atoms with Crippen molar-refractivity contribution in [1.82, 2.24) is 25.3 Å². The molecule has 0 spiro atoms. The third kappa shape index (κ3) is 2.44.